The van der Waals surface area contributed by atoms with Crippen molar-refractivity contribution in [3.63, 3.8) is 0 Å². The highest BCUT2D eigenvalue weighted by atomic mass is 16.5. The predicted octanol–water partition coefficient (Wildman–Crippen LogP) is 4.88. The number of carbonyl (C=O) groups is 1. The Bertz CT molecular complexity index is 1100. The van der Waals surface area contributed by atoms with Crippen molar-refractivity contribution in [2.45, 2.75) is 39.8 Å². The molecule has 0 N–H and O–H groups in total. The smallest absolute Gasteiger partial charge is 0.338 e. The van der Waals surface area contributed by atoms with Gasteiger partial charge in [-0.15, -0.1) is 0 Å². The van der Waals surface area contributed by atoms with Crippen LogP contribution in [0.15, 0.2) is 42.6 Å². The van der Waals surface area contributed by atoms with Crippen LogP contribution in [-0.2, 0) is 9.47 Å². The third-order valence-electron chi connectivity index (χ3n) is 6.21. The van der Waals surface area contributed by atoms with E-state index in [1.807, 2.05) is 51.1 Å². The van der Waals surface area contributed by atoms with Crippen molar-refractivity contribution in [1.82, 2.24) is 9.30 Å². The molecule has 1 atom stereocenters. The van der Waals surface area contributed by atoms with Crippen molar-refractivity contribution in [2.24, 2.45) is 0 Å². The van der Waals surface area contributed by atoms with Crippen LogP contribution in [0.4, 0.5) is 0 Å². The number of rotatable bonds is 6. The summed E-state index contributed by atoms with van der Waals surface area (Å²) in [4.78, 5) is 15.5. The minimum atomic E-state index is -0.280. The van der Waals surface area contributed by atoms with Gasteiger partial charge in [0, 0.05) is 36.6 Å². The molecule has 2 aromatic heterocycles. The Hall–Kier alpha value is -2.83. The zero-order valence-corrected chi connectivity index (χ0v) is 19.6. The van der Waals surface area contributed by atoms with E-state index >= 15 is 0 Å². The van der Waals surface area contributed by atoms with Crippen LogP contribution < -0.4 is 4.74 Å². The highest BCUT2D eigenvalue weighted by molar-refractivity contribution is 5.95. The van der Waals surface area contributed by atoms with E-state index in [2.05, 4.69) is 28.5 Å². The molecule has 32 heavy (non-hydrogen) atoms. The Kier molecular flexibility index (Phi) is 6.53. The fourth-order valence-corrected chi connectivity index (χ4v) is 4.52. The number of pyridine rings is 1. The molecule has 170 valence electrons. The second kappa shape index (κ2) is 9.35. The number of aromatic nitrogens is 1. The molecule has 3 aromatic rings. The summed E-state index contributed by atoms with van der Waals surface area (Å²) in [6.45, 7) is 11.2. The summed E-state index contributed by atoms with van der Waals surface area (Å²) in [5, 5.41) is 0. The van der Waals surface area contributed by atoms with Gasteiger partial charge in [-0.25, -0.2) is 4.79 Å². The first kappa shape index (κ1) is 22.4. The monoisotopic (exact) mass is 436 g/mol. The van der Waals surface area contributed by atoms with Crippen LogP contribution >= 0.6 is 0 Å². The zero-order chi connectivity index (χ0) is 22.8. The van der Waals surface area contributed by atoms with Gasteiger partial charge in [0.2, 0.25) is 0 Å². The predicted molar refractivity (Wildman–Crippen MR) is 125 cm³/mol. The average Bonchev–Trinajstić information content (AvgIpc) is 3.21. The largest absolute Gasteiger partial charge is 0.497 e. The second-order valence-corrected chi connectivity index (χ2v) is 8.56. The van der Waals surface area contributed by atoms with Gasteiger partial charge in [0.05, 0.1) is 37.5 Å². The van der Waals surface area contributed by atoms with Gasteiger partial charge in [0.25, 0.3) is 0 Å². The molecular formula is C26H32N2O4. The van der Waals surface area contributed by atoms with Gasteiger partial charge >= 0.3 is 5.97 Å². The molecule has 0 aliphatic carbocycles. The van der Waals surface area contributed by atoms with Gasteiger partial charge in [-0.05, 0) is 63.1 Å². The topological polar surface area (TPSA) is 52.4 Å². The number of methoxy groups -OCH3 is 1. The van der Waals surface area contributed by atoms with E-state index in [1.54, 1.807) is 7.11 Å². The molecule has 0 spiro atoms. The summed E-state index contributed by atoms with van der Waals surface area (Å²) in [6, 6.07) is 12.2. The standard InChI is InChI=1S/C26H32N2O4/c1-17(2)32-26(29)23-16-24-22(20-6-8-21(30-5)9-7-20)10-11-28(24)25(18(23)3)19(4)27-12-14-31-15-13-27/h6-11,16-17,19H,12-15H2,1-5H3. The van der Waals surface area contributed by atoms with Crippen molar-refractivity contribution in [1.29, 1.82) is 0 Å². The molecule has 6 nitrogen and oxygen atoms in total. The Labute approximate surface area is 189 Å². The van der Waals surface area contributed by atoms with E-state index in [9.17, 15) is 4.79 Å². The SMILES string of the molecule is COc1ccc(-c2ccn3c(C(C)N4CCOCC4)c(C)c(C(=O)OC(C)C)cc23)cc1. The molecule has 0 saturated carbocycles. The number of esters is 1. The summed E-state index contributed by atoms with van der Waals surface area (Å²) in [7, 11) is 1.66. The molecule has 1 fully saturated rings. The molecule has 6 heteroatoms. The van der Waals surface area contributed by atoms with Crippen LogP contribution in [0.1, 0.15) is 48.4 Å². The lowest BCUT2D eigenvalue weighted by molar-refractivity contribution is 0.0186. The Morgan fingerprint density at radius 3 is 2.38 bits per heavy atom. The number of hydrogen-bond donors (Lipinski definition) is 0. The lowest BCUT2D eigenvalue weighted by Crippen LogP contribution is -2.39. The molecule has 3 heterocycles. The van der Waals surface area contributed by atoms with Crippen LogP contribution in [0, 0.1) is 6.92 Å². The third-order valence-corrected chi connectivity index (χ3v) is 6.21. The van der Waals surface area contributed by atoms with Gasteiger partial charge in [-0.3, -0.25) is 4.90 Å². The molecule has 1 aliphatic heterocycles. The number of fused-ring (bicyclic) bond motifs is 1. The second-order valence-electron chi connectivity index (χ2n) is 8.56. The van der Waals surface area contributed by atoms with Gasteiger partial charge in [-0.2, -0.15) is 0 Å². The number of hydrogen-bond acceptors (Lipinski definition) is 5. The molecule has 1 unspecified atom stereocenters. The third kappa shape index (κ3) is 4.25. The Morgan fingerprint density at radius 1 is 1.06 bits per heavy atom. The minimum Gasteiger partial charge on any atom is -0.497 e. The van der Waals surface area contributed by atoms with Crippen LogP contribution in [0.5, 0.6) is 5.75 Å². The maximum atomic E-state index is 13.0. The quantitative estimate of drug-likeness (QED) is 0.516. The van der Waals surface area contributed by atoms with Gasteiger partial charge in [0.15, 0.2) is 0 Å². The van der Waals surface area contributed by atoms with Crippen molar-refractivity contribution >= 4 is 11.5 Å². The molecule has 1 aliphatic rings. The van der Waals surface area contributed by atoms with Crippen molar-refractivity contribution in [3.8, 4) is 16.9 Å². The first-order valence-electron chi connectivity index (χ1n) is 11.2. The van der Waals surface area contributed by atoms with Crippen LogP contribution in [-0.4, -0.2) is 54.8 Å². The van der Waals surface area contributed by atoms with Crippen LogP contribution in [0.3, 0.4) is 0 Å². The van der Waals surface area contributed by atoms with Gasteiger partial charge in [-0.1, -0.05) is 12.1 Å². The summed E-state index contributed by atoms with van der Waals surface area (Å²) in [5.74, 6) is 0.535. The summed E-state index contributed by atoms with van der Waals surface area (Å²) < 4.78 is 18.7. The lowest BCUT2D eigenvalue weighted by Gasteiger charge is -2.34. The van der Waals surface area contributed by atoms with Gasteiger partial charge in [0.1, 0.15) is 5.75 Å². The number of benzene rings is 1. The highest BCUT2D eigenvalue weighted by Crippen LogP contribution is 2.34. The van der Waals surface area contributed by atoms with E-state index < -0.39 is 0 Å². The maximum Gasteiger partial charge on any atom is 0.338 e. The molecule has 0 amide bonds. The first-order chi connectivity index (χ1) is 15.4. The summed E-state index contributed by atoms with van der Waals surface area (Å²) in [5.41, 5.74) is 5.83. The maximum absolute atomic E-state index is 13.0. The Balaban J connectivity index is 1.88. The summed E-state index contributed by atoms with van der Waals surface area (Å²) >= 11 is 0. The van der Waals surface area contributed by atoms with Gasteiger partial charge < -0.3 is 18.6 Å². The van der Waals surface area contributed by atoms with E-state index in [0.29, 0.717) is 5.56 Å². The van der Waals surface area contributed by atoms with Crippen LogP contribution in [0.25, 0.3) is 16.6 Å². The number of ether oxygens (including phenoxy) is 3. The molecule has 0 bridgehead atoms. The van der Waals surface area contributed by atoms with Crippen LogP contribution in [0.2, 0.25) is 0 Å². The highest BCUT2D eigenvalue weighted by Gasteiger charge is 2.26. The molecule has 4 rings (SSSR count). The fourth-order valence-electron chi connectivity index (χ4n) is 4.52. The zero-order valence-electron chi connectivity index (χ0n) is 19.6. The first-order valence-corrected chi connectivity index (χ1v) is 11.2. The Morgan fingerprint density at radius 2 is 1.75 bits per heavy atom. The van der Waals surface area contributed by atoms with E-state index in [0.717, 1.165) is 60.0 Å². The molecule has 1 aromatic carbocycles. The fraction of sp³-hybridized carbons (Fsp3) is 0.423. The van der Waals surface area contributed by atoms with E-state index in [-0.39, 0.29) is 18.1 Å². The molecule has 1 saturated heterocycles. The summed E-state index contributed by atoms with van der Waals surface area (Å²) in [6.07, 6.45) is 1.93. The number of morpholine rings is 1. The number of carbonyl (C=O) groups excluding carboxylic acids is 1. The lowest BCUT2D eigenvalue weighted by atomic mass is 9.99. The molecular weight excluding hydrogens is 404 g/mol. The van der Waals surface area contributed by atoms with Crippen molar-refractivity contribution in [2.75, 3.05) is 33.4 Å². The molecule has 0 radical (unpaired) electrons. The normalized spacial score (nSPS) is 15.8. The average molecular weight is 437 g/mol. The number of nitrogens with zero attached hydrogens (tertiary/aromatic N) is 2. The minimum absolute atomic E-state index is 0.129. The van der Waals surface area contributed by atoms with Crippen molar-refractivity contribution < 1.29 is 19.0 Å². The van der Waals surface area contributed by atoms with E-state index in [1.165, 1.54) is 0 Å². The van der Waals surface area contributed by atoms with Crippen molar-refractivity contribution in [3.05, 3.63) is 59.4 Å². The van der Waals surface area contributed by atoms with E-state index in [4.69, 9.17) is 14.2 Å².